The van der Waals surface area contributed by atoms with E-state index in [1.807, 2.05) is 0 Å². The maximum atomic E-state index is 2.49. The maximum absolute atomic E-state index is 2.49. The summed E-state index contributed by atoms with van der Waals surface area (Å²) < 4.78 is 2.39. The number of hydrogen-bond donors (Lipinski definition) is 0. The average molecular weight is 801 g/mol. The number of anilines is 3. The van der Waals surface area contributed by atoms with Crippen molar-refractivity contribution in [2.24, 2.45) is 0 Å². The largest absolute Gasteiger partial charge is 0.310 e. The van der Waals surface area contributed by atoms with Crippen molar-refractivity contribution in [3.05, 3.63) is 265 Å². The molecular weight excluding hydrogens is 761 g/mol. The van der Waals surface area contributed by atoms with Crippen LogP contribution >= 0.6 is 0 Å². The van der Waals surface area contributed by atoms with Gasteiger partial charge in [0.25, 0.3) is 0 Å². The molecule has 2 nitrogen and oxygen atoms in total. The molecule has 13 rings (SSSR count). The molecule has 11 aromatic rings. The van der Waals surface area contributed by atoms with Crippen LogP contribution in [-0.2, 0) is 5.41 Å². The molecule has 1 heterocycles. The van der Waals surface area contributed by atoms with E-state index in [2.05, 4.69) is 252 Å². The van der Waals surface area contributed by atoms with Crippen LogP contribution in [0.2, 0.25) is 0 Å². The number of fused-ring (bicyclic) bond motifs is 13. The van der Waals surface area contributed by atoms with Crippen LogP contribution < -0.4 is 4.90 Å². The van der Waals surface area contributed by atoms with Gasteiger partial charge in [-0.2, -0.15) is 0 Å². The normalized spacial score (nSPS) is 12.9. The summed E-state index contributed by atoms with van der Waals surface area (Å²) in [5.74, 6) is 0. The molecule has 0 unspecified atom stereocenters. The van der Waals surface area contributed by atoms with Gasteiger partial charge in [0.2, 0.25) is 0 Å². The summed E-state index contributed by atoms with van der Waals surface area (Å²) in [6.45, 7) is 0. The van der Waals surface area contributed by atoms with E-state index in [0.29, 0.717) is 0 Å². The van der Waals surface area contributed by atoms with Crippen LogP contribution in [0.3, 0.4) is 0 Å². The highest BCUT2D eigenvalue weighted by Gasteiger charge is 2.51. The maximum Gasteiger partial charge on any atom is 0.0726 e. The molecule has 294 valence electrons. The fourth-order valence-corrected chi connectivity index (χ4v) is 10.9. The van der Waals surface area contributed by atoms with Gasteiger partial charge < -0.3 is 9.47 Å². The van der Waals surface area contributed by atoms with Gasteiger partial charge in [-0.05, 0) is 127 Å². The zero-order valence-electron chi connectivity index (χ0n) is 34.5. The van der Waals surface area contributed by atoms with E-state index in [9.17, 15) is 0 Å². The zero-order chi connectivity index (χ0) is 41.5. The fourth-order valence-electron chi connectivity index (χ4n) is 10.9. The fraction of sp³-hybridized carbons (Fsp3) is 0.0164. The standard InChI is InChI=1S/C61H40N2/c1-3-15-41(16-4-1)42-27-29-43(30-28-42)44-31-33-46(34-32-44)62(47-36-38-60-54(39-47)53-22-10-14-26-59(53)63(60)45-17-5-2-6-18-45)48-35-37-52-51-21-9-13-25-57(51)61(58(52)40-48)55-23-11-7-19-49(55)50-20-8-12-24-56(50)61/h1-40H. The Morgan fingerprint density at radius 3 is 1.33 bits per heavy atom. The first kappa shape index (κ1) is 35.5. The minimum Gasteiger partial charge on any atom is -0.310 e. The van der Waals surface area contributed by atoms with Crippen molar-refractivity contribution in [2.75, 3.05) is 4.90 Å². The molecule has 0 saturated heterocycles. The first-order valence-electron chi connectivity index (χ1n) is 21.8. The summed E-state index contributed by atoms with van der Waals surface area (Å²) in [5.41, 5.74) is 21.8. The molecular formula is C61H40N2. The van der Waals surface area contributed by atoms with Crippen molar-refractivity contribution in [2.45, 2.75) is 5.41 Å². The number of rotatable bonds is 6. The van der Waals surface area contributed by atoms with Crippen LogP contribution in [-0.4, -0.2) is 4.57 Å². The number of aromatic nitrogens is 1. The van der Waals surface area contributed by atoms with Crippen LogP contribution in [0.15, 0.2) is 243 Å². The van der Waals surface area contributed by atoms with Gasteiger partial charge in [-0.1, -0.05) is 182 Å². The van der Waals surface area contributed by atoms with E-state index in [0.717, 1.165) is 22.7 Å². The van der Waals surface area contributed by atoms with Gasteiger partial charge in [-0.25, -0.2) is 0 Å². The first-order valence-corrected chi connectivity index (χ1v) is 21.8. The average Bonchev–Trinajstić information content (AvgIpc) is 3.96. The summed E-state index contributed by atoms with van der Waals surface area (Å²) in [4.78, 5) is 2.46. The molecule has 1 aromatic heterocycles. The van der Waals surface area contributed by atoms with Crippen molar-refractivity contribution >= 4 is 38.9 Å². The van der Waals surface area contributed by atoms with E-state index in [1.54, 1.807) is 0 Å². The Bertz CT molecular complexity index is 3480. The second kappa shape index (κ2) is 13.9. The SMILES string of the molecule is c1ccc(-c2ccc(-c3ccc(N(c4ccc5c(c4)C4(c6ccccc6-c6ccccc64)c4ccccc4-5)c4ccc5c(c4)c4ccccc4n5-c4ccccc4)cc3)cc2)cc1. The highest BCUT2D eigenvalue weighted by molar-refractivity contribution is 6.11. The van der Waals surface area contributed by atoms with E-state index in [4.69, 9.17) is 0 Å². The third-order valence-electron chi connectivity index (χ3n) is 13.6. The van der Waals surface area contributed by atoms with E-state index < -0.39 is 5.41 Å². The van der Waals surface area contributed by atoms with Crippen LogP contribution in [0.5, 0.6) is 0 Å². The zero-order valence-corrected chi connectivity index (χ0v) is 34.5. The molecule has 2 heteroatoms. The quantitative estimate of drug-likeness (QED) is 0.163. The van der Waals surface area contributed by atoms with Gasteiger partial charge in [-0.15, -0.1) is 0 Å². The van der Waals surface area contributed by atoms with Gasteiger partial charge in [-0.3, -0.25) is 0 Å². The van der Waals surface area contributed by atoms with E-state index >= 15 is 0 Å². The highest BCUT2D eigenvalue weighted by Crippen LogP contribution is 2.63. The van der Waals surface area contributed by atoms with Crippen LogP contribution in [0, 0.1) is 0 Å². The summed E-state index contributed by atoms with van der Waals surface area (Å²) >= 11 is 0. The Labute approximate surface area is 367 Å². The third-order valence-corrected chi connectivity index (χ3v) is 13.6. The lowest BCUT2D eigenvalue weighted by Gasteiger charge is -2.32. The first-order chi connectivity index (χ1) is 31.3. The van der Waals surface area contributed by atoms with Crippen molar-refractivity contribution in [1.29, 1.82) is 0 Å². The van der Waals surface area contributed by atoms with Gasteiger partial charge in [0, 0.05) is 33.5 Å². The highest BCUT2D eigenvalue weighted by atomic mass is 15.1. The molecule has 2 aliphatic rings. The molecule has 0 fully saturated rings. The molecule has 0 aliphatic heterocycles. The van der Waals surface area contributed by atoms with Crippen molar-refractivity contribution in [1.82, 2.24) is 4.57 Å². The van der Waals surface area contributed by atoms with Gasteiger partial charge in [0.15, 0.2) is 0 Å². The van der Waals surface area contributed by atoms with Crippen LogP contribution in [0.4, 0.5) is 17.1 Å². The lowest BCUT2D eigenvalue weighted by molar-refractivity contribution is 0.793. The lowest BCUT2D eigenvalue weighted by Crippen LogP contribution is -2.26. The molecule has 0 N–H and O–H groups in total. The van der Waals surface area contributed by atoms with Gasteiger partial charge in [0.1, 0.15) is 0 Å². The van der Waals surface area contributed by atoms with E-state index in [-0.39, 0.29) is 0 Å². The van der Waals surface area contributed by atoms with Crippen LogP contribution in [0.1, 0.15) is 22.3 Å². The number of hydrogen-bond acceptors (Lipinski definition) is 1. The molecule has 0 radical (unpaired) electrons. The number of nitrogens with zero attached hydrogens (tertiary/aromatic N) is 2. The number of benzene rings is 10. The monoisotopic (exact) mass is 800 g/mol. The molecule has 10 aromatic carbocycles. The molecule has 0 amide bonds. The Hall–Kier alpha value is -8.20. The summed E-state index contributed by atoms with van der Waals surface area (Å²) in [6, 6.07) is 89.5. The smallest absolute Gasteiger partial charge is 0.0726 e. The lowest BCUT2D eigenvalue weighted by atomic mass is 9.70. The molecule has 1 spiro atoms. The van der Waals surface area contributed by atoms with E-state index in [1.165, 1.54) is 88.6 Å². The number of para-hydroxylation sites is 2. The van der Waals surface area contributed by atoms with Crippen molar-refractivity contribution in [3.63, 3.8) is 0 Å². The molecule has 0 bridgehead atoms. The van der Waals surface area contributed by atoms with Crippen molar-refractivity contribution < 1.29 is 0 Å². The van der Waals surface area contributed by atoms with Gasteiger partial charge in [0.05, 0.1) is 16.4 Å². The minimum atomic E-state index is -0.441. The third kappa shape index (κ3) is 5.25. The van der Waals surface area contributed by atoms with Gasteiger partial charge >= 0.3 is 0 Å². The molecule has 0 saturated carbocycles. The second-order valence-corrected chi connectivity index (χ2v) is 16.8. The Morgan fingerprint density at radius 2 is 0.714 bits per heavy atom. The molecule has 2 aliphatic carbocycles. The summed E-state index contributed by atoms with van der Waals surface area (Å²) in [6.07, 6.45) is 0. The molecule has 0 atom stereocenters. The predicted octanol–water partition coefficient (Wildman–Crippen LogP) is 15.9. The Kier molecular flexibility index (Phi) is 7.85. The Morgan fingerprint density at radius 1 is 0.286 bits per heavy atom. The summed E-state index contributed by atoms with van der Waals surface area (Å²) in [5, 5.41) is 2.45. The van der Waals surface area contributed by atoms with Crippen molar-refractivity contribution in [3.8, 4) is 50.2 Å². The summed E-state index contributed by atoms with van der Waals surface area (Å²) in [7, 11) is 0. The molecule has 63 heavy (non-hydrogen) atoms. The second-order valence-electron chi connectivity index (χ2n) is 16.8. The Balaban J connectivity index is 1.01. The minimum absolute atomic E-state index is 0.441. The predicted molar refractivity (Wildman–Crippen MR) is 263 cm³/mol. The topological polar surface area (TPSA) is 8.17 Å². The van der Waals surface area contributed by atoms with Crippen LogP contribution in [0.25, 0.3) is 72.0 Å².